The Kier molecular flexibility index (Phi) is 7.01. The van der Waals surface area contributed by atoms with Gasteiger partial charge in [-0.3, -0.25) is 9.59 Å². The number of amides is 2. The number of hydrogen-bond donors (Lipinski definition) is 3. The minimum atomic E-state index is -0.948. The van der Waals surface area contributed by atoms with Crippen LogP contribution in [-0.2, 0) is 14.3 Å². The monoisotopic (exact) mass is 462 g/mol. The van der Waals surface area contributed by atoms with Crippen molar-refractivity contribution in [2.45, 2.75) is 44.7 Å². The van der Waals surface area contributed by atoms with E-state index in [0.29, 0.717) is 6.42 Å². The molecule has 2 aromatic carbocycles. The summed E-state index contributed by atoms with van der Waals surface area (Å²) in [6.07, 6.45) is 3.30. The molecular formula is C27H30N2O5. The van der Waals surface area contributed by atoms with E-state index in [4.69, 9.17) is 9.84 Å². The number of fused-ring (bicyclic) bond motifs is 3. The SMILES string of the molecule is CC(C)[C@H](CC(=O)O)NC(=O)C1C=CC(NC(=O)OCC2c3ccccc3-c3ccccc32)C1. The molecule has 2 unspecified atom stereocenters. The first kappa shape index (κ1) is 23.5. The number of carboxylic acid groups (broad SMARTS) is 1. The van der Waals surface area contributed by atoms with Crippen LogP contribution in [0.2, 0.25) is 0 Å². The summed E-state index contributed by atoms with van der Waals surface area (Å²) in [5.41, 5.74) is 4.63. The van der Waals surface area contributed by atoms with Gasteiger partial charge in [0.25, 0.3) is 0 Å². The van der Waals surface area contributed by atoms with Crippen LogP contribution >= 0.6 is 0 Å². The van der Waals surface area contributed by atoms with Gasteiger partial charge in [-0.15, -0.1) is 0 Å². The summed E-state index contributed by atoms with van der Waals surface area (Å²) in [5.74, 6) is -1.61. The number of carbonyl (C=O) groups is 3. The molecule has 0 radical (unpaired) electrons. The molecule has 2 aliphatic rings. The lowest BCUT2D eigenvalue weighted by atomic mass is 9.98. The van der Waals surface area contributed by atoms with Crippen LogP contribution in [0.25, 0.3) is 11.1 Å². The molecule has 2 aliphatic carbocycles. The molecule has 3 atom stereocenters. The van der Waals surface area contributed by atoms with Crippen molar-refractivity contribution >= 4 is 18.0 Å². The predicted molar refractivity (Wildman–Crippen MR) is 128 cm³/mol. The Bertz CT molecular complexity index is 1060. The molecule has 0 aliphatic heterocycles. The summed E-state index contributed by atoms with van der Waals surface area (Å²) in [7, 11) is 0. The lowest BCUT2D eigenvalue weighted by molar-refractivity contribution is -0.138. The van der Waals surface area contributed by atoms with Crippen molar-refractivity contribution in [1.29, 1.82) is 0 Å². The maximum absolute atomic E-state index is 12.6. The van der Waals surface area contributed by atoms with Gasteiger partial charge in [-0.05, 0) is 34.6 Å². The van der Waals surface area contributed by atoms with Gasteiger partial charge in [-0.2, -0.15) is 0 Å². The fourth-order valence-electron chi connectivity index (χ4n) is 4.72. The maximum Gasteiger partial charge on any atom is 0.407 e. The van der Waals surface area contributed by atoms with Crippen molar-refractivity contribution in [3.8, 4) is 11.1 Å². The molecule has 178 valence electrons. The van der Waals surface area contributed by atoms with Gasteiger partial charge in [-0.1, -0.05) is 74.5 Å². The second-order valence-corrected chi connectivity index (χ2v) is 9.26. The molecule has 0 aromatic heterocycles. The minimum Gasteiger partial charge on any atom is -0.481 e. The standard InChI is InChI=1S/C27H30N2O5/c1-16(2)24(14-25(30)31)29-26(32)17-11-12-18(13-17)28-27(33)34-15-23-21-9-5-3-7-19(21)20-8-4-6-10-22(20)23/h3-12,16-18,23-24H,13-15H2,1-2H3,(H,28,33)(H,29,32)(H,30,31)/t17?,18?,24-/m0/s1. The third kappa shape index (κ3) is 5.14. The molecule has 3 N–H and O–H groups in total. The first-order chi connectivity index (χ1) is 16.3. The Morgan fingerprint density at radius 2 is 1.62 bits per heavy atom. The van der Waals surface area contributed by atoms with E-state index < -0.39 is 24.0 Å². The summed E-state index contributed by atoms with van der Waals surface area (Å²) >= 11 is 0. The number of rotatable bonds is 8. The average Bonchev–Trinajstić information content (AvgIpc) is 3.39. The zero-order chi connectivity index (χ0) is 24.2. The number of carbonyl (C=O) groups excluding carboxylic acids is 2. The number of hydrogen-bond acceptors (Lipinski definition) is 4. The van der Waals surface area contributed by atoms with Crippen molar-refractivity contribution in [2.75, 3.05) is 6.61 Å². The largest absolute Gasteiger partial charge is 0.481 e. The lowest BCUT2D eigenvalue weighted by Gasteiger charge is -2.22. The van der Waals surface area contributed by atoms with Crippen LogP contribution in [0.15, 0.2) is 60.7 Å². The van der Waals surface area contributed by atoms with E-state index >= 15 is 0 Å². The van der Waals surface area contributed by atoms with Gasteiger partial charge in [0.05, 0.1) is 18.4 Å². The summed E-state index contributed by atoms with van der Waals surface area (Å²) in [5, 5.41) is 14.7. The van der Waals surface area contributed by atoms with Gasteiger partial charge in [0.15, 0.2) is 0 Å². The Morgan fingerprint density at radius 1 is 1.00 bits per heavy atom. The van der Waals surface area contributed by atoms with E-state index in [1.54, 1.807) is 12.2 Å². The van der Waals surface area contributed by atoms with E-state index in [-0.39, 0.29) is 36.8 Å². The molecule has 7 heteroatoms. The van der Waals surface area contributed by atoms with Gasteiger partial charge in [0.2, 0.25) is 5.91 Å². The molecule has 0 fully saturated rings. The average molecular weight is 463 g/mol. The van der Waals surface area contributed by atoms with Crippen LogP contribution in [0.1, 0.15) is 43.7 Å². The van der Waals surface area contributed by atoms with Crippen LogP contribution in [0.4, 0.5) is 4.79 Å². The maximum atomic E-state index is 12.6. The van der Waals surface area contributed by atoms with E-state index in [1.807, 2.05) is 38.1 Å². The van der Waals surface area contributed by atoms with Gasteiger partial charge in [-0.25, -0.2) is 4.79 Å². The zero-order valence-electron chi connectivity index (χ0n) is 19.4. The topological polar surface area (TPSA) is 105 Å². The smallest absolute Gasteiger partial charge is 0.407 e. The quantitative estimate of drug-likeness (QED) is 0.513. The fourth-order valence-corrected chi connectivity index (χ4v) is 4.72. The third-order valence-electron chi connectivity index (χ3n) is 6.59. The van der Waals surface area contributed by atoms with Gasteiger partial charge in [0, 0.05) is 12.0 Å². The highest BCUT2D eigenvalue weighted by Gasteiger charge is 2.31. The molecular weight excluding hydrogens is 432 g/mol. The molecule has 4 rings (SSSR count). The third-order valence-corrected chi connectivity index (χ3v) is 6.59. The summed E-state index contributed by atoms with van der Waals surface area (Å²) in [4.78, 5) is 36.2. The van der Waals surface area contributed by atoms with Crippen LogP contribution in [-0.4, -0.2) is 41.8 Å². The normalized spacial score (nSPS) is 19.4. The van der Waals surface area contributed by atoms with E-state index in [0.717, 1.165) is 11.1 Å². The Balaban J connectivity index is 1.29. The van der Waals surface area contributed by atoms with Crippen LogP contribution in [0.5, 0.6) is 0 Å². The number of carboxylic acids is 1. The molecule has 0 saturated heterocycles. The number of alkyl carbamates (subject to hydrolysis) is 1. The molecule has 0 saturated carbocycles. The first-order valence-electron chi connectivity index (χ1n) is 11.7. The molecule has 34 heavy (non-hydrogen) atoms. The van der Waals surface area contributed by atoms with Crippen LogP contribution in [0, 0.1) is 11.8 Å². The summed E-state index contributed by atoms with van der Waals surface area (Å²) in [6.45, 7) is 3.98. The number of benzene rings is 2. The number of nitrogens with one attached hydrogen (secondary N) is 2. The lowest BCUT2D eigenvalue weighted by Crippen LogP contribution is -2.43. The van der Waals surface area contributed by atoms with Crippen molar-refractivity contribution < 1.29 is 24.2 Å². The van der Waals surface area contributed by atoms with Crippen molar-refractivity contribution in [3.63, 3.8) is 0 Å². The second kappa shape index (κ2) is 10.1. The molecule has 2 amide bonds. The number of aliphatic carboxylic acids is 1. The molecule has 0 bridgehead atoms. The number of ether oxygens (including phenoxy) is 1. The van der Waals surface area contributed by atoms with Crippen molar-refractivity contribution in [3.05, 3.63) is 71.8 Å². The molecule has 0 heterocycles. The van der Waals surface area contributed by atoms with E-state index in [1.165, 1.54) is 11.1 Å². The minimum absolute atomic E-state index is 0.000167. The summed E-state index contributed by atoms with van der Waals surface area (Å²) in [6, 6.07) is 15.6. The van der Waals surface area contributed by atoms with E-state index in [9.17, 15) is 14.4 Å². The molecule has 2 aromatic rings. The molecule has 0 spiro atoms. The highest BCUT2D eigenvalue weighted by molar-refractivity contribution is 5.82. The second-order valence-electron chi connectivity index (χ2n) is 9.26. The zero-order valence-corrected chi connectivity index (χ0v) is 19.4. The van der Waals surface area contributed by atoms with Gasteiger partial charge in [0.1, 0.15) is 6.61 Å². The van der Waals surface area contributed by atoms with Gasteiger partial charge >= 0.3 is 12.1 Å². The predicted octanol–water partition coefficient (Wildman–Crippen LogP) is 4.09. The molecule has 7 nitrogen and oxygen atoms in total. The van der Waals surface area contributed by atoms with Gasteiger partial charge < -0.3 is 20.5 Å². The highest BCUT2D eigenvalue weighted by atomic mass is 16.5. The van der Waals surface area contributed by atoms with Crippen LogP contribution < -0.4 is 10.6 Å². The Hall–Kier alpha value is -3.61. The van der Waals surface area contributed by atoms with E-state index in [2.05, 4.69) is 34.9 Å². The Labute approximate surface area is 199 Å². The van der Waals surface area contributed by atoms with Crippen molar-refractivity contribution in [2.24, 2.45) is 11.8 Å². The first-order valence-corrected chi connectivity index (χ1v) is 11.7. The Morgan fingerprint density at radius 3 is 2.21 bits per heavy atom. The van der Waals surface area contributed by atoms with Crippen LogP contribution in [0.3, 0.4) is 0 Å². The fraction of sp³-hybridized carbons (Fsp3) is 0.370. The highest BCUT2D eigenvalue weighted by Crippen LogP contribution is 2.44. The van der Waals surface area contributed by atoms with Crippen molar-refractivity contribution in [1.82, 2.24) is 10.6 Å². The summed E-state index contributed by atoms with van der Waals surface area (Å²) < 4.78 is 5.59.